The number of amides is 1. The molecule has 7 heteroatoms. The molecule has 6 nitrogen and oxygen atoms in total. The van der Waals surface area contributed by atoms with E-state index >= 15 is 0 Å². The molecule has 2 fully saturated rings. The third-order valence-electron chi connectivity index (χ3n) is 4.86. The predicted molar refractivity (Wildman–Crippen MR) is 94.1 cm³/mol. The maximum absolute atomic E-state index is 12.6. The van der Waals surface area contributed by atoms with E-state index < -0.39 is 0 Å². The summed E-state index contributed by atoms with van der Waals surface area (Å²) >= 11 is 3.40. The van der Waals surface area contributed by atoms with Crippen molar-refractivity contribution < 1.29 is 4.79 Å². The highest BCUT2D eigenvalue weighted by Gasteiger charge is 2.42. The first-order chi connectivity index (χ1) is 11.6. The second-order valence-electron chi connectivity index (χ2n) is 6.38. The van der Waals surface area contributed by atoms with Crippen molar-refractivity contribution >= 4 is 27.7 Å². The molecule has 2 atom stereocenters. The van der Waals surface area contributed by atoms with Gasteiger partial charge in [0.25, 0.3) is 11.5 Å². The van der Waals surface area contributed by atoms with Crippen molar-refractivity contribution in [1.82, 2.24) is 14.9 Å². The zero-order valence-electron chi connectivity index (χ0n) is 13.0. The van der Waals surface area contributed by atoms with Gasteiger partial charge in [-0.15, -0.1) is 0 Å². The maximum Gasteiger partial charge on any atom is 0.260 e. The fourth-order valence-electron chi connectivity index (χ4n) is 3.66. The van der Waals surface area contributed by atoms with Crippen molar-refractivity contribution in [2.75, 3.05) is 31.1 Å². The van der Waals surface area contributed by atoms with Gasteiger partial charge in [0.2, 0.25) is 0 Å². The Morgan fingerprint density at radius 2 is 1.92 bits per heavy atom. The lowest BCUT2D eigenvalue weighted by atomic mass is 10.0. The Morgan fingerprint density at radius 1 is 1.17 bits per heavy atom. The Labute approximate surface area is 147 Å². The summed E-state index contributed by atoms with van der Waals surface area (Å²) in [5, 5.41) is 0. The van der Waals surface area contributed by atoms with Crippen LogP contribution in [0.15, 0.2) is 45.9 Å². The third-order valence-corrected chi connectivity index (χ3v) is 5.33. The monoisotopic (exact) mass is 388 g/mol. The SMILES string of the molecule is O=C(c1ccc[nH]c1=O)N1CC2CN(c3ccc(Br)cn3)CC2C1. The van der Waals surface area contributed by atoms with Crippen molar-refractivity contribution in [2.24, 2.45) is 11.8 Å². The normalized spacial score (nSPS) is 22.7. The van der Waals surface area contributed by atoms with Crippen molar-refractivity contribution in [3.8, 4) is 0 Å². The van der Waals surface area contributed by atoms with Gasteiger partial charge in [0.1, 0.15) is 11.4 Å². The van der Waals surface area contributed by atoms with Crippen LogP contribution in [0.4, 0.5) is 5.82 Å². The van der Waals surface area contributed by atoms with Crippen molar-refractivity contribution in [1.29, 1.82) is 0 Å². The van der Waals surface area contributed by atoms with E-state index in [0.29, 0.717) is 24.9 Å². The first-order valence-electron chi connectivity index (χ1n) is 7.95. The Kier molecular flexibility index (Phi) is 3.88. The summed E-state index contributed by atoms with van der Waals surface area (Å²) < 4.78 is 0.968. The molecule has 0 spiro atoms. The van der Waals surface area contributed by atoms with Gasteiger partial charge in [-0.05, 0) is 40.2 Å². The van der Waals surface area contributed by atoms with Crippen molar-refractivity contribution in [3.63, 3.8) is 0 Å². The number of anilines is 1. The van der Waals surface area contributed by atoms with Crippen LogP contribution in [0.2, 0.25) is 0 Å². The summed E-state index contributed by atoms with van der Waals surface area (Å²) in [5.74, 6) is 1.67. The number of pyridine rings is 2. The largest absolute Gasteiger partial charge is 0.356 e. The molecule has 0 bridgehead atoms. The summed E-state index contributed by atoms with van der Waals surface area (Å²) in [6.45, 7) is 3.19. The molecule has 2 unspecified atom stereocenters. The molecule has 0 aliphatic carbocycles. The maximum atomic E-state index is 12.6. The first kappa shape index (κ1) is 15.4. The van der Waals surface area contributed by atoms with Crippen LogP contribution in [0, 0.1) is 11.8 Å². The lowest BCUT2D eigenvalue weighted by Crippen LogP contribution is -2.36. The number of hydrogen-bond acceptors (Lipinski definition) is 4. The molecule has 4 heterocycles. The van der Waals surface area contributed by atoms with Gasteiger partial charge >= 0.3 is 0 Å². The highest BCUT2D eigenvalue weighted by molar-refractivity contribution is 9.10. The van der Waals surface area contributed by atoms with E-state index in [2.05, 4.69) is 30.8 Å². The minimum atomic E-state index is -0.319. The van der Waals surface area contributed by atoms with Gasteiger partial charge in [0.15, 0.2) is 0 Å². The molecule has 1 N–H and O–H groups in total. The van der Waals surface area contributed by atoms with Gasteiger partial charge in [-0.2, -0.15) is 0 Å². The number of hydrogen-bond donors (Lipinski definition) is 1. The van der Waals surface area contributed by atoms with Crippen LogP contribution in [-0.2, 0) is 0 Å². The molecule has 2 aromatic rings. The van der Waals surface area contributed by atoms with E-state index in [4.69, 9.17) is 0 Å². The van der Waals surface area contributed by atoms with Crippen LogP contribution < -0.4 is 10.5 Å². The van der Waals surface area contributed by atoms with Gasteiger partial charge in [0, 0.05) is 54.9 Å². The van der Waals surface area contributed by atoms with E-state index in [0.717, 1.165) is 23.4 Å². The Balaban J connectivity index is 1.44. The fraction of sp³-hybridized carbons (Fsp3) is 0.353. The molecule has 2 saturated heterocycles. The summed E-state index contributed by atoms with van der Waals surface area (Å²) in [6.07, 6.45) is 3.35. The summed E-state index contributed by atoms with van der Waals surface area (Å²) in [7, 11) is 0. The molecule has 0 aromatic carbocycles. The lowest BCUT2D eigenvalue weighted by Gasteiger charge is -2.22. The number of halogens is 1. The minimum Gasteiger partial charge on any atom is -0.356 e. The number of aromatic amines is 1. The molecule has 2 aromatic heterocycles. The average molecular weight is 389 g/mol. The molecule has 0 radical (unpaired) electrons. The summed E-state index contributed by atoms with van der Waals surface area (Å²) in [6, 6.07) is 7.28. The van der Waals surface area contributed by atoms with Crippen LogP contribution in [0.3, 0.4) is 0 Å². The van der Waals surface area contributed by atoms with Crippen LogP contribution in [0.25, 0.3) is 0 Å². The second kappa shape index (κ2) is 6.05. The molecule has 1 amide bonds. The number of rotatable bonds is 2. The lowest BCUT2D eigenvalue weighted by molar-refractivity contribution is 0.0781. The Bertz CT molecular complexity index is 806. The van der Waals surface area contributed by atoms with Gasteiger partial charge in [-0.1, -0.05) is 0 Å². The van der Waals surface area contributed by atoms with Crippen molar-refractivity contribution in [2.45, 2.75) is 0 Å². The number of fused-ring (bicyclic) bond motifs is 1. The number of carbonyl (C=O) groups excluding carboxylic acids is 1. The van der Waals surface area contributed by atoms with Gasteiger partial charge in [0.05, 0.1) is 0 Å². The van der Waals surface area contributed by atoms with Gasteiger partial charge < -0.3 is 14.8 Å². The van der Waals surface area contributed by atoms with Crippen LogP contribution in [-0.4, -0.2) is 47.0 Å². The van der Waals surface area contributed by atoms with E-state index in [1.54, 1.807) is 24.5 Å². The first-order valence-corrected chi connectivity index (χ1v) is 8.74. The number of likely N-dealkylation sites (tertiary alicyclic amines) is 1. The summed E-state index contributed by atoms with van der Waals surface area (Å²) in [5.41, 5.74) is -0.0934. The number of nitrogens with zero attached hydrogens (tertiary/aromatic N) is 3. The molecule has 24 heavy (non-hydrogen) atoms. The van der Waals surface area contributed by atoms with Crippen molar-refractivity contribution in [3.05, 3.63) is 57.0 Å². The summed E-state index contributed by atoms with van der Waals surface area (Å²) in [4.78, 5) is 35.5. The molecular formula is C17H17BrN4O2. The number of nitrogens with one attached hydrogen (secondary N) is 1. The quantitative estimate of drug-likeness (QED) is 0.850. The van der Waals surface area contributed by atoms with Crippen LogP contribution >= 0.6 is 15.9 Å². The molecule has 2 aliphatic rings. The second-order valence-corrected chi connectivity index (χ2v) is 7.30. The van der Waals surface area contributed by atoms with E-state index in [9.17, 15) is 9.59 Å². The van der Waals surface area contributed by atoms with Gasteiger partial charge in [-0.3, -0.25) is 9.59 Å². The predicted octanol–water partition coefficient (Wildman–Crippen LogP) is 1.74. The zero-order chi connectivity index (χ0) is 16.7. The molecule has 4 rings (SSSR count). The number of aromatic nitrogens is 2. The highest BCUT2D eigenvalue weighted by atomic mass is 79.9. The molecular weight excluding hydrogens is 372 g/mol. The molecule has 2 aliphatic heterocycles. The molecule has 124 valence electrons. The standard InChI is InChI=1S/C17H17BrN4O2/c18-13-3-4-15(20-6-13)21-7-11-9-22(10-12(11)8-21)17(24)14-2-1-5-19-16(14)23/h1-6,11-12H,7-10H2,(H,19,23). The van der Waals surface area contributed by atoms with E-state index in [1.165, 1.54) is 0 Å². The topological polar surface area (TPSA) is 69.3 Å². The van der Waals surface area contributed by atoms with Crippen LogP contribution in [0.1, 0.15) is 10.4 Å². The Hall–Kier alpha value is -2.15. The zero-order valence-corrected chi connectivity index (χ0v) is 14.6. The smallest absolute Gasteiger partial charge is 0.260 e. The number of H-pyrrole nitrogens is 1. The minimum absolute atomic E-state index is 0.167. The van der Waals surface area contributed by atoms with E-state index in [1.807, 2.05) is 17.0 Å². The van der Waals surface area contributed by atoms with Crippen LogP contribution in [0.5, 0.6) is 0 Å². The Morgan fingerprint density at radius 3 is 2.54 bits per heavy atom. The fourth-order valence-corrected chi connectivity index (χ4v) is 3.90. The van der Waals surface area contributed by atoms with Gasteiger partial charge in [-0.25, -0.2) is 4.98 Å². The number of carbonyl (C=O) groups is 1. The third kappa shape index (κ3) is 2.73. The highest BCUT2D eigenvalue weighted by Crippen LogP contribution is 2.33. The average Bonchev–Trinajstić information content (AvgIpc) is 3.14. The molecule has 0 saturated carbocycles. The van der Waals surface area contributed by atoms with E-state index in [-0.39, 0.29) is 17.0 Å².